The number of fused-ring (bicyclic) bond motifs is 2. The largest absolute Gasteiger partial charge is 0.444 e. The van der Waals surface area contributed by atoms with Gasteiger partial charge in [0.1, 0.15) is 5.60 Å². The molecule has 2 saturated carbocycles. The Bertz CT molecular complexity index is 333. The molecule has 1 amide bonds. The highest BCUT2D eigenvalue weighted by molar-refractivity contribution is 5.69. The summed E-state index contributed by atoms with van der Waals surface area (Å²) in [6.07, 6.45) is 5.62. The van der Waals surface area contributed by atoms with E-state index in [-0.39, 0.29) is 11.6 Å². The highest BCUT2D eigenvalue weighted by Crippen LogP contribution is 2.59. The zero-order chi connectivity index (χ0) is 13.6. The smallest absolute Gasteiger partial charge is 0.408 e. The van der Waals surface area contributed by atoms with Crippen molar-refractivity contribution < 1.29 is 9.53 Å². The summed E-state index contributed by atoms with van der Waals surface area (Å²) in [7, 11) is 0. The Morgan fingerprint density at radius 1 is 1.17 bits per heavy atom. The van der Waals surface area contributed by atoms with Gasteiger partial charge in [-0.3, -0.25) is 0 Å². The number of carbonyl (C=O) groups is 1. The molecular formula is C15H27NO2. The molecule has 2 bridgehead atoms. The van der Waals surface area contributed by atoms with Gasteiger partial charge in [0.05, 0.1) is 0 Å². The minimum absolute atomic E-state index is 0.0204. The van der Waals surface area contributed by atoms with E-state index < -0.39 is 5.60 Å². The van der Waals surface area contributed by atoms with Crippen molar-refractivity contribution in [1.82, 2.24) is 5.32 Å². The summed E-state index contributed by atoms with van der Waals surface area (Å²) in [5.74, 6) is 0.710. The molecule has 0 spiro atoms. The fourth-order valence-electron chi connectivity index (χ4n) is 3.72. The first-order valence-electron chi connectivity index (χ1n) is 7.18. The molecule has 18 heavy (non-hydrogen) atoms. The Kier molecular flexibility index (Phi) is 3.15. The van der Waals surface area contributed by atoms with Crippen LogP contribution in [0.1, 0.15) is 66.7 Å². The maximum absolute atomic E-state index is 11.9. The van der Waals surface area contributed by atoms with Gasteiger partial charge in [-0.2, -0.15) is 0 Å². The van der Waals surface area contributed by atoms with E-state index in [1.807, 2.05) is 20.8 Å². The van der Waals surface area contributed by atoms with Crippen LogP contribution in [0.4, 0.5) is 4.79 Å². The standard InChI is InChI=1S/C15H27NO2/c1-11(2)14-6-8-15(10-14,9-7-14)16-12(17)18-13(3,4)5/h11H,6-10H2,1-5H3,(H,16,17). The van der Waals surface area contributed by atoms with Gasteiger partial charge in [-0.15, -0.1) is 0 Å². The van der Waals surface area contributed by atoms with Crippen LogP contribution in [0.25, 0.3) is 0 Å². The maximum Gasteiger partial charge on any atom is 0.408 e. The van der Waals surface area contributed by atoms with Crippen molar-refractivity contribution in [3.63, 3.8) is 0 Å². The zero-order valence-electron chi connectivity index (χ0n) is 12.4. The average Bonchev–Trinajstić information content (AvgIpc) is 2.70. The van der Waals surface area contributed by atoms with E-state index in [2.05, 4.69) is 19.2 Å². The van der Waals surface area contributed by atoms with Gasteiger partial charge in [-0.25, -0.2) is 4.79 Å². The van der Waals surface area contributed by atoms with Crippen molar-refractivity contribution in [2.75, 3.05) is 0 Å². The van der Waals surface area contributed by atoms with E-state index in [1.165, 1.54) is 12.8 Å². The molecule has 3 heteroatoms. The van der Waals surface area contributed by atoms with Gasteiger partial charge in [0.15, 0.2) is 0 Å². The van der Waals surface area contributed by atoms with Gasteiger partial charge in [-0.05, 0) is 64.2 Å². The molecule has 0 aromatic rings. The fraction of sp³-hybridized carbons (Fsp3) is 0.933. The molecule has 2 aliphatic rings. The van der Waals surface area contributed by atoms with Gasteiger partial charge in [0.2, 0.25) is 0 Å². The molecule has 3 nitrogen and oxygen atoms in total. The lowest BCUT2D eigenvalue weighted by atomic mass is 9.75. The van der Waals surface area contributed by atoms with Crippen LogP contribution in [0.15, 0.2) is 0 Å². The quantitative estimate of drug-likeness (QED) is 0.811. The molecule has 0 heterocycles. The first-order chi connectivity index (χ1) is 8.17. The SMILES string of the molecule is CC(C)C12CCC(NC(=O)OC(C)(C)C)(CC1)C2. The second-order valence-electron chi connectivity index (χ2n) is 7.60. The second-order valence-corrected chi connectivity index (χ2v) is 7.60. The number of hydrogen-bond donors (Lipinski definition) is 1. The predicted octanol–water partition coefficient (Wildman–Crippen LogP) is 3.87. The average molecular weight is 253 g/mol. The number of carbonyl (C=O) groups excluding carboxylic acids is 1. The summed E-state index contributed by atoms with van der Waals surface area (Å²) in [6.45, 7) is 10.4. The number of nitrogens with one attached hydrogen (secondary N) is 1. The lowest BCUT2D eigenvalue weighted by Crippen LogP contribution is -2.47. The number of amides is 1. The molecular weight excluding hydrogens is 226 g/mol. The van der Waals surface area contributed by atoms with E-state index in [0.717, 1.165) is 19.3 Å². The van der Waals surface area contributed by atoms with Crippen LogP contribution in [0, 0.1) is 11.3 Å². The highest BCUT2D eigenvalue weighted by Gasteiger charge is 2.56. The van der Waals surface area contributed by atoms with Gasteiger partial charge < -0.3 is 10.1 Å². The van der Waals surface area contributed by atoms with Crippen LogP contribution in [-0.2, 0) is 4.74 Å². The van der Waals surface area contributed by atoms with Crippen molar-refractivity contribution >= 4 is 6.09 Å². The van der Waals surface area contributed by atoms with E-state index in [4.69, 9.17) is 4.74 Å². The lowest BCUT2D eigenvalue weighted by Gasteiger charge is -2.31. The molecule has 0 aromatic heterocycles. The number of alkyl carbamates (subject to hydrolysis) is 1. The normalized spacial score (nSPS) is 35.0. The molecule has 0 radical (unpaired) electrons. The molecule has 1 N–H and O–H groups in total. The molecule has 2 aliphatic carbocycles. The van der Waals surface area contributed by atoms with Gasteiger partial charge >= 0.3 is 6.09 Å². The summed E-state index contributed by atoms with van der Waals surface area (Å²) < 4.78 is 5.39. The third kappa shape index (κ3) is 2.50. The maximum atomic E-state index is 11.9. The Morgan fingerprint density at radius 3 is 2.11 bits per heavy atom. The van der Waals surface area contributed by atoms with Crippen LogP contribution in [0.5, 0.6) is 0 Å². The van der Waals surface area contributed by atoms with Crippen molar-refractivity contribution in [3.05, 3.63) is 0 Å². The van der Waals surface area contributed by atoms with E-state index >= 15 is 0 Å². The first-order valence-corrected chi connectivity index (χ1v) is 7.18. The molecule has 0 atom stereocenters. The topological polar surface area (TPSA) is 38.3 Å². The van der Waals surface area contributed by atoms with Crippen LogP contribution < -0.4 is 5.32 Å². The van der Waals surface area contributed by atoms with E-state index in [9.17, 15) is 4.79 Å². The van der Waals surface area contributed by atoms with Crippen molar-refractivity contribution in [3.8, 4) is 0 Å². The molecule has 2 rings (SSSR count). The van der Waals surface area contributed by atoms with Crippen molar-refractivity contribution in [2.45, 2.75) is 77.9 Å². The third-order valence-corrected chi connectivity index (χ3v) is 4.88. The monoisotopic (exact) mass is 253 g/mol. The van der Waals surface area contributed by atoms with Crippen molar-refractivity contribution in [1.29, 1.82) is 0 Å². The number of rotatable bonds is 2. The number of hydrogen-bond acceptors (Lipinski definition) is 2. The van der Waals surface area contributed by atoms with Crippen LogP contribution >= 0.6 is 0 Å². The minimum Gasteiger partial charge on any atom is -0.444 e. The molecule has 0 aromatic carbocycles. The minimum atomic E-state index is -0.410. The fourth-order valence-corrected chi connectivity index (χ4v) is 3.72. The Hall–Kier alpha value is -0.730. The van der Waals surface area contributed by atoms with Crippen LogP contribution in [0.2, 0.25) is 0 Å². The summed E-state index contributed by atoms with van der Waals surface area (Å²) in [6, 6.07) is 0. The summed E-state index contributed by atoms with van der Waals surface area (Å²) >= 11 is 0. The first kappa shape index (κ1) is 13.7. The molecule has 2 fully saturated rings. The zero-order valence-corrected chi connectivity index (χ0v) is 12.4. The van der Waals surface area contributed by atoms with Crippen LogP contribution in [0.3, 0.4) is 0 Å². The summed E-state index contributed by atoms with van der Waals surface area (Å²) in [4.78, 5) is 11.9. The summed E-state index contributed by atoms with van der Waals surface area (Å²) in [5.41, 5.74) is 0.0781. The predicted molar refractivity (Wildman–Crippen MR) is 72.5 cm³/mol. The Morgan fingerprint density at radius 2 is 1.72 bits per heavy atom. The van der Waals surface area contributed by atoms with E-state index in [0.29, 0.717) is 11.3 Å². The molecule has 104 valence electrons. The second kappa shape index (κ2) is 4.14. The Balaban J connectivity index is 1.98. The van der Waals surface area contributed by atoms with Gasteiger partial charge in [0.25, 0.3) is 0 Å². The Labute approximate surface area is 111 Å². The molecule has 0 saturated heterocycles. The molecule has 0 aliphatic heterocycles. The highest BCUT2D eigenvalue weighted by atomic mass is 16.6. The lowest BCUT2D eigenvalue weighted by molar-refractivity contribution is 0.0458. The van der Waals surface area contributed by atoms with E-state index in [1.54, 1.807) is 0 Å². The molecule has 0 unspecified atom stereocenters. The van der Waals surface area contributed by atoms with Gasteiger partial charge in [-0.1, -0.05) is 13.8 Å². The summed E-state index contributed by atoms with van der Waals surface area (Å²) in [5, 5.41) is 3.16. The van der Waals surface area contributed by atoms with Crippen LogP contribution in [-0.4, -0.2) is 17.2 Å². The van der Waals surface area contributed by atoms with Crippen molar-refractivity contribution in [2.24, 2.45) is 11.3 Å². The third-order valence-electron chi connectivity index (χ3n) is 4.88. The van der Waals surface area contributed by atoms with Gasteiger partial charge in [0, 0.05) is 5.54 Å². The number of ether oxygens (including phenoxy) is 1.